The highest BCUT2D eigenvalue weighted by Gasteiger charge is 1.99. The lowest BCUT2D eigenvalue weighted by Gasteiger charge is -2.03. The summed E-state index contributed by atoms with van der Waals surface area (Å²) >= 11 is 1.55. The molecule has 0 spiro atoms. The molecule has 66 valence electrons. The number of rotatable bonds is 3. The summed E-state index contributed by atoms with van der Waals surface area (Å²) in [5.74, 6) is 1.27. The minimum absolute atomic E-state index is 0.559. The van der Waals surface area contributed by atoms with Gasteiger partial charge in [-0.15, -0.1) is 0 Å². The lowest BCUT2D eigenvalue weighted by molar-refractivity contribution is 0.933. The highest BCUT2D eigenvalue weighted by molar-refractivity contribution is 7.96. The van der Waals surface area contributed by atoms with E-state index >= 15 is 0 Å². The summed E-state index contributed by atoms with van der Waals surface area (Å²) < 4.78 is 3.08. The van der Waals surface area contributed by atoms with Crippen molar-refractivity contribution in [1.82, 2.24) is 14.7 Å². The van der Waals surface area contributed by atoms with E-state index in [2.05, 4.69) is 14.7 Å². The zero-order valence-corrected chi connectivity index (χ0v) is 7.98. The highest BCUT2D eigenvalue weighted by Crippen LogP contribution is 2.07. The number of hydrogen-bond acceptors (Lipinski definition) is 5. The quantitative estimate of drug-likeness (QED) is 0.678. The third-order valence-corrected chi connectivity index (χ3v) is 1.86. The van der Waals surface area contributed by atoms with Crippen LogP contribution in [-0.2, 0) is 6.54 Å². The zero-order chi connectivity index (χ0) is 8.97. The second-order valence-corrected chi connectivity index (χ2v) is 3.05. The van der Waals surface area contributed by atoms with E-state index in [0.29, 0.717) is 18.2 Å². The fraction of sp³-hybridized carbons (Fsp3) is 0.429. The van der Waals surface area contributed by atoms with Crippen molar-refractivity contribution in [3.63, 3.8) is 0 Å². The van der Waals surface area contributed by atoms with Crippen LogP contribution < -0.4 is 10.5 Å². The van der Waals surface area contributed by atoms with Gasteiger partial charge in [0.1, 0.15) is 11.6 Å². The van der Waals surface area contributed by atoms with E-state index < -0.39 is 0 Å². The third-order valence-electron chi connectivity index (χ3n) is 1.43. The molecule has 0 saturated carbocycles. The lowest BCUT2D eigenvalue weighted by Crippen LogP contribution is -2.08. The number of nitrogen functional groups attached to an aromatic ring is 1. The molecule has 1 rings (SSSR count). The molecule has 1 aromatic rings. The third kappa shape index (κ3) is 2.35. The summed E-state index contributed by atoms with van der Waals surface area (Å²) in [5.41, 5.74) is 6.60. The van der Waals surface area contributed by atoms with Crippen LogP contribution in [0.5, 0.6) is 0 Å². The maximum absolute atomic E-state index is 5.66. The molecule has 0 aliphatic heterocycles. The fourth-order valence-corrected chi connectivity index (χ4v) is 1.10. The Morgan fingerprint density at radius 1 is 1.67 bits per heavy atom. The standard InChI is InChI=1S/C7H12N4S/c1-5-9-3-6(4-10-12-2)7(8)11-5/h3,10H,4H2,1-2H3,(H2,8,9,11). The normalized spacial score (nSPS) is 10.2. The molecule has 12 heavy (non-hydrogen) atoms. The van der Waals surface area contributed by atoms with Gasteiger partial charge in [0.15, 0.2) is 0 Å². The van der Waals surface area contributed by atoms with Crippen LogP contribution in [0.1, 0.15) is 11.4 Å². The van der Waals surface area contributed by atoms with E-state index in [0.717, 1.165) is 5.56 Å². The molecule has 5 heteroatoms. The monoisotopic (exact) mass is 184 g/mol. The van der Waals surface area contributed by atoms with Crippen molar-refractivity contribution in [2.24, 2.45) is 0 Å². The predicted octanol–water partition coefficient (Wildman–Crippen LogP) is 0.735. The van der Waals surface area contributed by atoms with Gasteiger partial charge in [-0.1, -0.05) is 11.9 Å². The van der Waals surface area contributed by atoms with Crippen molar-refractivity contribution in [3.05, 3.63) is 17.6 Å². The Morgan fingerprint density at radius 2 is 2.42 bits per heavy atom. The largest absolute Gasteiger partial charge is 0.383 e. The maximum Gasteiger partial charge on any atom is 0.131 e. The number of aromatic nitrogens is 2. The second kappa shape index (κ2) is 4.27. The van der Waals surface area contributed by atoms with E-state index in [1.165, 1.54) is 0 Å². The zero-order valence-electron chi connectivity index (χ0n) is 7.16. The summed E-state index contributed by atoms with van der Waals surface area (Å²) in [6.45, 7) is 2.52. The second-order valence-electron chi connectivity index (χ2n) is 2.35. The van der Waals surface area contributed by atoms with Gasteiger partial charge < -0.3 is 5.73 Å². The van der Waals surface area contributed by atoms with Crippen molar-refractivity contribution in [2.75, 3.05) is 12.0 Å². The average molecular weight is 184 g/mol. The van der Waals surface area contributed by atoms with Crippen LogP contribution in [-0.4, -0.2) is 16.2 Å². The summed E-state index contributed by atoms with van der Waals surface area (Å²) in [6, 6.07) is 0. The molecule has 0 unspecified atom stereocenters. The molecule has 4 nitrogen and oxygen atoms in total. The molecule has 3 N–H and O–H groups in total. The minimum atomic E-state index is 0.559. The average Bonchev–Trinajstić information content (AvgIpc) is 2.03. The smallest absolute Gasteiger partial charge is 0.131 e. The van der Waals surface area contributed by atoms with Crippen LogP contribution in [0.4, 0.5) is 5.82 Å². The van der Waals surface area contributed by atoms with Gasteiger partial charge >= 0.3 is 0 Å². The van der Waals surface area contributed by atoms with Gasteiger partial charge in [0, 0.05) is 18.3 Å². The van der Waals surface area contributed by atoms with Crippen molar-refractivity contribution in [1.29, 1.82) is 0 Å². The molecular weight excluding hydrogens is 172 g/mol. The van der Waals surface area contributed by atoms with Crippen LogP contribution in [0.3, 0.4) is 0 Å². The van der Waals surface area contributed by atoms with Crippen molar-refractivity contribution < 1.29 is 0 Å². The van der Waals surface area contributed by atoms with Crippen LogP contribution >= 0.6 is 11.9 Å². The van der Waals surface area contributed by atoms with Crippen LogP contribution in [0.25, 0.3) is 0 Å². The molecule has 1 aromatic heterocycles. The van der Waals surface area contributed by atoms with Gasteiger partial charge in [0.05, 0.1) is 0 Å². The van der Waals surface area contributed by atoms with Gasteiger partial charge in [-0.05, 0) is 13.2 Å². The summed E-state index contributed by atoms with van der Waals surface area (Å²) in [4.78, 5) is 8.10. The first-order valence-electron chi connectivity index (χ1n) is 3.58. The Labute approximate surface area is 76.1 Å². The fourth-order valence-electron chi connectivity index (χ4n) is 0.799. The number of nitrogens with two attached hydrogens (primary N) is 1. The molecule has 1 heterocycles. The van der Waals surface area contributed by atoms with Gasteiger partial charge in [0.2, 0.25) is 0 Å². The molecule has 0 aromatic carbocycles. The lowest BCUT2D eigenvalue weighted by atomic mass is 10.3. The molecular formula is C7H12N4S. The number of nitrogens with one attached hydrogen (secondary N) is 1. The molecule has 0 atom stereocenters. The molecule has 0 amide bonds. The van der Waals surface area contributed by atoms with Gasteiger partial charge in [0.25, 0.3) is 0 Å². The first kappa shape index (κ1) is 9.28. The number of aryl methyl sites for hydroxylation is 1. The Hall–Kier alpha value is -0.810. The van der Waals surface area contributed by atoms with Gasteiger partial charge in [-0.3, -0.25) is 4.72 Å². The molecule has 0 bridgehead atoms. The number of anilines is 1. The van der Waals surface area contributed by atoms with Crippen molar-refractivity contribution in [3.8, 4) is 0 Å². The Bertz CT molecular complexity index is 264. The Morgan fingerprint density at radius 3 is 3.00 bits per heavy atom. The molecule has 0 aliphatic carbocycles. The van der Waals surface area contributed by atoms with E-state index in [1.54, 1.807) is 18.1 Å². The molecule has 0 aliphatic rings. The van der Waals surface area contributed by atoms with Crippen LogP contribution in [0, 0.1) is 6.92 Å². The Balaban J connectivity index is 2.72. The minimum Gasteiger partial charge on any atom is -0.383 e. The van der Waals surface area contributed by atoms with Crippen molar-refractivity contribution >= 4 is 17.8 Å². The maximum atomic E-state index is 5.66. The number of hydrogen-bond donors (Lipinski definition) is 2. The molecule has 0 fully saturated rings. The highest BCUT2D eigenvalue weighted by atomic mass is 32.2. The first-order valence-corrected chi connectivity index (χ1v) is 4.80. The van der Waals surface area contributed by atoms with Gasteiger partial charge in [-0.2, -0.15) is 0 Å². The molecule has 0 radical (unpaired) electrons. The summed E-state index contributed by atoms with van der Waals surface area (Å²) in [7, 11) is 0. The van der Waals surface area contributed by atoms with E-state index in [1.807, 2.05) is 13.2 Å². The first-order chi connectivity index (χ1) is 5.74. The summed E-state index contributed by atoms with van der Waals surface area (Å²) in [6.07, 6.45) is 3.71. The predicted molar refractivity (Wildman–Crippen MR) is 51.5 cm³/mol. The van der Waals surface area contributed by atoms with Gasteiger partial charge in [-0.25, -0.2) is 9.97 Å². The summed E-state index contributed by atoms with van der Waals surface area (Å²) in [5, 5.41) is 0. The van der Waals surface area contributed by atoms with E-state index in [9.17, 15) is 0 Å². The number of nitrogens with zero attached hydrogens (tertiary/aromatic N) is 2. The SMILES string of the molecule is CSNCc1cnc(C)nc1N. The van der Waals surface area contributed by atoms with E-state index in [4.69, 9.17) is 5.73 Å². The van der Waals surface area contributed by atoms with Crippen LogP contribution in [0.15, 0.2) is 6.20 Å². The van der Waals surface area contributed by atoms with E-state index in [-0.39, 0.29) is 0 Å². The van der Waals surface area contributed by atoms with Crippen LogP contribution in [0.2, 0.25) is 0 Å². The van der Waals surface area contributed by atoms with Crippen molar-refractivity contribution in [2.45, 2.75) is 13.5 Å². The Kier molecular flexibility index (Phi) is 3.31. The molecule has 0 saturated heterocycles. The topological polar surface area (TPSA) is 63.8 Å².